The standard InChI is InChI=1S/C20H20ClN5O/c1-25-8-10-26(11-9-25)24-20(27)16-13-19(18-4-2-3-7-22-18)23-17-6-5-14(21)12-15(16)17/h2-7,12-13H,8-11H2,1H3,(H,24,27)/p+1. The van der Waals surface area contributed by atoms with Crippen molar-refractivity contribution in [1.29, 1.82) is 0 Å². The number of benzene rings is 1. The fourth-order valence-corrected chi connectivity index (χ4v) is 3.41. The van der Waals surface area contributed by atoms with Gasteiger partial charge in [-0.25, -0.2) is 9.99 Å². The molecule has 0 aliphatic carbocycles. The number of carbonyl (C=O) groups is 1. The number of quaternary nitrogens is 1. The Morgan fingerprint density at radius 1 is 1.15 bits per heavy atom. The molecule has 1 amide bonds. The molecule has 1 aliphatic heterocycles. The highest BCUT2D eigenvalue weighted by atomic mass is 35.5. The molecule has 138 valence electrons. The lowest BCUT2D eigenvalue weighted by molar-refractivity contribution is -0.884. The Morgan fingerprint density at radius 2 is 1.96 bits per heavy atom. The van der Waals surface area contributed by atoms with Gasteiger partial charge in [-0.2, -0.15) is 0 Å². The number of hydrogen-bond acceptors (Lipinski definition) is 4. The number of hydrazine groups is 1. The number of aromatic nitrogens is 2. The molecular formula is C20H21ClN5O+. The topological polar surface area (TPSA) is 62.6 Å². The normalized spacial score (nSPS) is 15.8. The molecule has 0 radical (unpaired) electrons. The molecule has 1 saturated heterocycles. The smallest absolute Gasteiger partial charge is 0.266 e. The molecule has 0 spiro atoms. The minimum absolute atomic E-state index is 0.151. The average molecular weight is 383 g/mol. The van der Waals surface area contributed by atoms with E-state index in [0.29, 0.717) is 16.3 Å². The predicted molar refractivity (Wildman–Crippen MR) is 106 cm³/mol. The number of nitrogens with zero attached hydrogens (tertiary/aromatic N) is 3. The number of nitrogens with one attached hydrogen (secondary N) is 2. The lowest BCUT2D eigenvalue weighted by Crippen LogP contribution is -3.12. The monoisotopic (exact) mass is 382 g/mol. The van der Waals surface area contributed by atoms with Gasteiger partial charge in [0.05, 0.1) is 55.7 Å². The SMILES string of the molecule is C[NH+]1CCN(NC(=O)c2cc(-c3ccccn3)nc3ccc(Cl)cc23)CC1. The Morgan fingerprint density at radius 3 is 2.70 bits per heavy atom. The van der Waals surface area contributed by atoms with Gasteiger partial charge in [0.1, 0.15) is 0 Å². The third-order valence-electron chi connectivity index (χ3n) is 4.82. The molecule has 3 aromatic rings. The lowest BCUT2D eigenvalue weighted by atomic mass is 10.1. The summed E-state index contributed by atoms with van der Waals surface area (Å²) in [5.74, 6) is -0.151. The van der Waals surface area contributed by atoms with Gasteiger partial charge in [0, 0.05) is 16.6 Å². The van der Waals surface area contributed by atoms with Crippen LogP contribution in [-0.2, 0) is 0 Å². The largest absolute Gasteiger partial charge is 0.335 e. The van der Waals surface area contributed by atoms with E-state index in [2.05, 4.69) is 22.4 Å². The minimum Gasteiger partial charge on any atom is -0.335 e. The van der Waals surface area contributed by atoms with Gasteiger partial charge in [0.2, 0.25) is 0 Å². The summed E-state index contributed by atoms with van der Waals surface area (Å²) >= 11 is 6.18. The van der Waals surface area contributed by atoms with Crippen molar-refractivity contribution in [1.82, 2.24) is 20.4 Å². The van der Waals surface area contributed by atoms with E-state index >= 15 is 0 Å². The number of likely N-dealkylation sites (N-methyl/N-ethyl adjacent to an activating group) is 1. The fraction of sp³-hybridized carbons (Fsp3) is 0.250. The second-order valence-electron chi connectivity index (χ2n) is 6.82. The summed E-state index contributed by atoms with van der Waals surface area (Å²) in [6.45, 7) is 3.66. The quantitative estimate of drug-likeness (QED) is 0.719. The molecule has 27 heavy (non-hydrogen) atoms. The second-order valence-corrected chi connectivity index (χ2v) is 7.25. The molecule has 0 atom stereocenters. The summed E-state index contributed by atoms with van der Waals surface area (Å²) in [7, 11) is 2.16. The van der Waals surface area contributed by atoms with Crippen molar-refractivity contribution in [2.75, 3.05) is 33.2 Å². The number of piperazine rings is 1. The van der Waals surface area contributed by atoms with Gasteiger partial charge in [-0.05, 0) is 36.4 Å². The zero-order chi connectivity index (χ0) is 18.8. The number of amides is 1. The highest BCUT2D eigenvalue weighted by molar-refractivity contribution is 6.31. The van der Waals surface area contributed by atoms with Crippen LogP contribution in [0.2, 0.25) is 5.02 Å². The number of fused-ring (bicyclic) bond motifs is 1. The molecule has 1 fully saturated rings. The molecular weight excluding hydrogens is 362 g/mol. The number of halogens is 1. The summed E-state index contributed by atoms with van der Waals surface area (Å²) in [5.41, 5.74) is 5.70. The molecule has 0 saturated carbocycles. The summed E-state index contributed by atoms with van der Waals surface area (Å²) in [4.78, 5) is 23.6. The highest BCUT2D eigenvalue weighted by Crippen LogP contribution is 2.26. The summed E-state index contributed by atoms with van der Waals surface area (Å²) in [5, 5.41) is 3.29. The Balaban J connectivity index is 1.73. The van der Waals surface area contributed by atoms with Crippen LogP contribution in [0.25, 0.3) is 22.3 Å². The first-order valence-corrected chi connectivity index (χ1v) is 9.37. The third-order valence-corrected chi connectivity index (χ3v) is 5.05. The lowest BCUT2D eigenvalue weighted by Gasteiger charge is -2.30. The Bertz CT molecular complexity index is 971. The fourth-order valence-electron chi connectivity index (χ4n) is 3.24. The predicted octanol–water partition coefficient (Wildman–Crippen LogP) is 1.43. The molecule has 7 heteroatoms. The molecule has 3 heterocycles. The zero-order valence-electron chi connectivity index (χ0n) is 15.1. The van der Waals surface area contributed by atoms with E-state index in [4.69, 9.17) is 11.6 Å². The molecule has 0 bridgehead atoms. The van der Waals surface area contributed by atoms with Crippen molar-refractivity contribution in [3.05, 3.63) is 59.2 Å². The number of rotatable bonds is 3. The van der Waals surface area contributed by atoms with Gasteiger partial charge >= 0.3 is 0 Å². The van der Waals surface area contributed by atoms with Crippen molar-refractivity contribution in [3.63, 3.8) is 0 Å². The van der Waals surface area contributed by atoms with Crippen LogP contribution in [0, 0.1) is 0 Å². The van der Waals surface area contributed by atoms with Crippen LogP contribution in [-0.4, -0.2) is 54.1 Å². The van der Waals surface area contributed by atoms with E-state index < -0.39 is 0 Å². The van der Waals surface area contributed by atoms with Crippen LogP contribution in [0.15, 0.2) is 48.7 Å². The maximum atomic E-state index is 13.1. The number of hydrogen-bond donors (Lipinski definition) is 2. The molecule has 6 nitrogen and oxygen atoms in total. The molecule has 2 aromatic heterocycles. The average Bonchev–Trinajstić information content (AvgIpc) is 2.69. The third kappa shape index (κ3) is 3.93. The van der Waals surface area contributed by atoms with Gasteiger partial charge in [-0.1, -0.05) is 17.7 Å². The van der Waals surface area contributed by atoms with E-state index in [9.17, 15) is 4.79 Å². The van der Waals surface area contributed by atoms with Crippen molar-refractivity contribution >= 4 is 28.4 Å². The zero-order valence-corrected chi connectivity index (χ0v) is 15.8. The second kappa shape index (κ2) is 7.60. The molecule has 1 aromatic carbocycles. The summed E-state index contributed by atoms with van der Waals surface area (Å²) < 4.78 is 0. The molecule has 1 aliphatic rings. The van der Waals surface area contributed by atoms with Gasteiger partial charge in [-0.3, -0.25) is 15.2 Å². The van der Waals surface area contributed by atoms with E-state index in [0.717, 1.165) is 42.8 Å². The van der Waals surface area contributed by atoms with Crippen LogP contribution in [0.3, 0.4) is 0 Å². The van der Waals surface area contributed by atoms with Crippen LogP contribution >= 0.6 is 11.6 Å². The van der Waals surface area contributed by atoms with E-state index in [1.165, 1.54) is 4.90 Å². The summed E-state index contributed by atoms with van der Waals surface area (Å²) in [6, 6.07) is 12.8. The van der Waals surface area contributed by atoms with Crippen LogP contribution < -0.4 is 10.3 Å². The Kier molecular flexibility index (Phi) is 5.03. The number of carbonyl (C=O) groups excluding carboxylic acids is 1. The van der Waals surface area contributed by atoms with Gasteiger partial charge in [-0.15, -0.1) is 0 Å². The molecule has 2 N–H and O–H groups in total. The van der Waals surface area contributed by atoms with Crippen LogP contribution in [0.5, 0.6) is 0 Å². The van der Waals surface area contributed by atoms with Gasteiger partial charge in [0.25, 0.3) is 5.91 Å². The Hall–Kier alpha value is -2.54. The van der Waals surface area contributed by atoms with Crippen LogP contribution in [0.4, 0.5) is 0 Å². The van der Waals surface area contributed by atoms with E-state index in [1.54, 1.807) is 24.4 Å². The van der Waals surface area contributed by atoms with Crippen molar-refractivity contribution in [3.8, 4) is 11.4 Å². The summed E-state index contributed by atoms with van der Waals surface area (Å²) in [6.07, 6.45) is 1.72. The van der Waals surface area contributed by atoms with Crippen molar-refractivity contribution in [2.45, 2.75) is 0 Å². The van der Waals surface area contributed by atoms with E-state index in [-0.39, 0.29) is 5.91 Å². The maximum Gasteiger partial charge on any atom is 0.266 e. The number of pyridine rings is 2. The van der Waals surface area contributed by atoms with Gasteiger partial charge < -0.3 is 4.90 Å². The van der Waals surface area contributed by atoms with E-state index in [1.807, 2.05) is 29.3 Å². The maximum absolute atomic E-state index is 13.1. The minimum atomic E-state index is -0.151. The first kappa shape index (κ1) is 17.9. The first-order valence-electron chi connectivity index (χ1n) is 8.99. The van der Waals surface area contributed by atoms with Crippen molar-refractivity contribution < 1.29 is 9.69 Å². The Labute approximate surface area is 162 Å². The highest BCUT2D eigenvalue weighted by Gasteiger charge is 2.21. The van der Waals surface area contributed by atoms with Crippen LogP contribution in [0.1, 0.15) is 10.4 Å². The molecule has 0 unspecified atom stereocenters. The first-order chi connectivity index (χ1) is 13.1. The van der Waals surface area contributed by atoms with Gasteiger partial charge in [0.15, 0.2) is 0 Å². The molecule has 4 rings (SSSR count). The van der Waals surface area contributed by atoms with Crippen molar-refractivity contribution in [2.24, 2.45) is 0 Å².